The highest BCUT2D eigenvalue weighted by atomic mass is 127. The van der Waals surface area contributed by atoms with Crippen LogP contribution in [0.15, 0.2) is 18.2 Å². The highest BCUT2D eigenvalue weighted by Crippen LogP contribution is 2.30. The van der Waals surface area contributed by atoms with E-state index in [0.717, 1.165) is 13.0 Å². The number of halogens is 1. The van der Waals surface area contributed by atoms with E-state index >= 15 is 0 Å². The molecule has 2 aromatic rings. The van der Waals surface area contributed by atoms with Crippen LogP contribution in [0.3, 0.4) is 0 Å². The lowest BCUT2D eigenvalue weighted by Gasteiger charge is -2.11. The standard InChI is InChI=1S/C21H30INO2/c1-4-7-9-10-11-19-20(22)17-15-16(21(24)25-6-3)12-13-18(17)23(19)14-8-5-2/h12-13,15H,4-11,14H2,1-3H3. The maximum Gasteiger partial charge on any atom is 0.338 e. The van der Waals surface area contributed by atoms with Gasteiger partial charge in [-0.1, -0.05) is 39.5 Å². The third-order valence-corrected chi connectivity index (χ3v) is 5.82. The van der Waals surface area contributed by atoms with Gasteiger partial charge in [0.15, 0.2) is 0 Å². The van der Waals surface area contributed by atoms with E-state index in [-0.39, 0.29) is 5.97 Å². The average molecular weight is 455 g/mol. The van der Waals surface area contributed by atoms with Gasteiger partial charge in [0, 0.05) is 26.7 Å². The molecule has 4 heteroatoms. The molecule has 0 amide bonds. The van der Waals surface area contributed by atoms with Gasteiger partial charge in [-0.25, -0.2) is 4.79 Å². The van der Waals surface area contributed by atoms with Crippen molar-refractivity contribution >= 4 is 39.5 Å². The van der Waals surface area contributed by atoms with Gasteiger partial charge in [0.2, 0.25) is 0 Å². The molecule has 1 aromatic carbocycles. The molecule has 0 atom stereocenters. The number of unbranched alkanes of at least 4 members (excludes halogenated alkanes) is 4. The molecule has 25 heavy (non-hydrogen) atoms. The van der Waals surface area contributed by atoms with E-state index in [4.69, 9.17) is 4.74 Å². The molecule has 0 saturated heterocycles. The summed E-state index contributed by atoms with van der Waals surface area (Å²) >= 11 is 2.46. The summed E-state index contributed by atoms with van der Waals surface area (Å²) in [5, 5.41) is 1.19. The van der Waals surface area contributed by atoms with Crippen LogP contribution in [-0.4, -0.2) is 17.1 Å². The molecule has 2 rings (SSSR count). The first-order valence-corrected chi connectivity index (χ1v) is 10.7. The number of carbonyl (C=O) groups is 1. The number of benzene rings is 1. The Labute approximate surface area is 165 Å². The summed E-state index contributed by atoms with van der Waals surface area (Å²) in [4.78, 5) is 12.1. The van der Waals surface area contributed by atoms with Crippen molar-refractivity contribution in [2.75, 3.05) is 6.61 Å². The van der Waals surface area contributed by atoms with Crippen molar-refractivity contribution in [3.8, 4) is 0 Å². The van der Waals surface area contributed by atoms with Crippen LogP contribution in [0, 0.1) is 3.57 Å². The van der Waals surface area contributed by atoms with Crippen LogP contribution in [-0.2, 0) is 17.7 Å². The zero-order chi connectivity index (χ0) is 18.2. The Kier molecular flexibility index (Phi) is 8.27. The molecule has 3 nitrogen and oxygen atoms in total. The second-order valence-corrected chi connectivity index (χ2v) is 7.61. The number of aryl methyl sites for hydroxylation is 1. The normalized spacial score (nSPS) is 11.2. The molecule has 0 aliphatic heterocycles. The van der Waals surface area contributed by atoms with E-state index in [1.54, 1.807) is 0 Å². The number of esters is 1. The second-order valence-electron chi connectivity index (χ2n) is 6.53. The largest absolute Gasteiger partial charge is 0.462 e. The zero-order valence-corrected chi connectivity index (χ0v) is 17.9. The van der Waals surface area contributed by atoms with Crippen LogP contribution in [0.1, 0.15) is 75.3 Å². The summed E-state index contributed by atoms with van der Waals surface area (Å²) in [6.07, 6.45) is 8.57. The van der Waals surface area contributed by atoms with Crippen molar-refractivity contribution < 1.29 is 9.53 Å². The number of aromatic nitrogens is 1. The summed E-state index contributed by atoms with van der Waals surface area (Å²) in [6.45, 7) is 7.79. The summed E-state index contributed by atoms with van der Waals surface area (Å²) in [5.74, 6) is -0.231. The van der Waals surface area contributed by atoms with Crippen molar-refractivity contribution in [2.45, 2.75) is 72.3 Å². The van der Waals surface area contributed by atoms with Gasteiger partial charge in [-0.3, -0.25) is 0 Å². The maximum atomic E-state index is 12.1. The number of rotatable bonds is 10. The Hall–Kier alpha value is -1.04. The van der Waals surface area contributed by atoms with Gasteiger partial charge in [0.05, 0.1) is 12.2 Å². The van der Waals surface area contributed by atoms with Crippen LogP contribution in [0.5, 0.6) is 0 Å². The van der Waals surface area contributed by atoms with Crippen molar-refractivity contribution in [1.29, 1.82) is 0 Å². The average Bonchev–Trinajstić information content (AvgIpc) is 2.88. The first-order chi connectivity index (χ1) is 12.1. The zero-order valence-electron chi connectivity index (χ0n) is 15.7. The highest BCUT2D eigenvalue weighted by Gasteiger charge is 2.17. The lowest BCUT2D eigenvalue weighted by Crippen LogP contribution is -2.05. The van der Waals surface area contributed by atoms with Gasteiger partial charge < -0.3 is 9.30 Å². The third-order valence-electron chi connectivity index (χ3n) is 4.62. The molecule has 1 aromatic heterocycles. The van der Waals surface area contributed by atoms with Crippen LogP contribution in [0.25, 0.3) is 10.9 Å². The quantitative estimate of drug-likeness (QED) is 0.238. The SMILES string of the molecule is CCCCCCc1c(I)c2cc(C(=O)OCC)ccc2n1CCCC. The Bertz CT molecular complexity index is 705. The fraction of sp³-hybridized carbons (Fsp3) is 0.571. The Morgan fingerprint density at radius 2 is 1.84 bits per heavy atom. The molecule has 0 N–H and O–H groups in total. The fourth-order valence-electron chi connectivity index (χ4n) is 3.24. The Morgan fingerprint density at radius 3 is 2.52 bits per heavy atom. The van der Waals surface area contributed by atoms with Crippen molar-refractivity contribution in [2.24, 2.45) is 0 Å². The number of hydrogen-bond acceptors (Lipinski definition) is 2. The summed E-state index contributed by atoms with van der Waals surface area (Å²) in [6, 6.07) is 6.00. The van der Waals surface area contributed by atoms with Crippen LogP contribution >= 0.6 is 22.6 Å². The first-order valence-electron chi connectivity index (χ1n) is 9.61. The maximum absolute atomic E-state index is 12.1. The molecule has 0 radical (unpaired) electrons. The third kappa shape index (κ3) is 4.99. The predicted octanol–water partition coefficient (Wildman–Crippen LogP) is 6.35. The Balaban J connectivity index is 2.38. The summed E-state index contributed by atoms with van der Waals surface area (Å²) in [7, 11) is 0. The smallest absolute Gasteiger partial charge is 0.338 e. The van der Waals surface area contributed by atoms with E-state index in [0.29, 0.717) is 12.2 Å². The van der Waals surface area contributed by atoms with E-state index in [2.05, 4.69) is 47.1 Å². The van der Waals surface area contributed by atoms with Gasteiger partial charge in [-0.15, -0.1) is 0 Å². The second kappa shape index (κ2) is 10.2. The van der Waals surface area contributed by atoms with Crippen molar-refractivity contribution in [3.05, 3.63) is 33.0 Å². The molecular formula is C21H30INO2. The predicted molar refractivity (Wildman–Crippen MR) is 113 cm³/mol. The molecule has 0 saturated carbocycles. The van der Waals surface area contributed by atoms with E-state index in [1.165, 1.54) is 58.7 Å². The molecule has 0 aliphatic carbocycles. The van der Waals surface area contributed by atoms with Gasteiger partial charge in [-0.05, 0) is 67.0 Å². The lowest BCUT2D eigenvalue weighted by molar-refractivity contribution is 0.0526. The van der Waals surface area contributed by atoms with Gasteiger partial charge in [0.1, 0.15) is 0 Å². The minimum Gasteiger partial charge on any atom is -0.462 e. The van der Waals surface area contributed by atoms with Crippen LogP contribution < -0.4 is 0 Å². The number of carbonyl (C=O) groups excluding carboxylic acids is 1. The van der Waals surface area contributed by atoms with Gasteiger partial charge in [-0.2, -0.15) is 0 Å². The molecular weight excluding hydrogens is 425 g/mol. The van der Waals surface area contributed by atoms with E-state index in [9.17, 15) is 4.79 Å². The lowest BCUT2D eigenvalue weighted by atomic mass is 10.1. The molecule has 0 unspecified atom stereocenters. The monoisotopic (exact) mass is 455 g/mol. The summed E-state index contributed by atoms with van der Waals surface area (Å²) in [5.41, 5.74) is 3.33. The minimum absolute atomic E-state index is 0.231. The molecule has 1 heterocycles. The molecule has 138 valence electrons. The molecule has 0 spiro atoms. The first kappa shape index (κ1) is 20.3. The molecule has 0 fully saturated rings. The van der Waals surface area contributed by atoms with Crippen molar-refractivity contribution in [1.82, 2.24) is 4.57 Å². The van der Waals surface area contributed by atoms with Crippen molar-refractivity contribution in [3.63, 3.8) is 0 Å². The van der Waals surface area contributed by atoms with Crippen LogP contribution in [0.4, 0.5) is 0 Å². The molecule has 0 bridgehead atoms. The molecule has 0 aliphatic rings. The highest BCUT2D eigenvalue weighted by molar-refractivity contribution is 14.1. The number of ether oxygens (including phenoxy) is 1. The fourth-order valence-corrected chi connectivity index (χ4v) is 4.24. The minimum atomic E-state index is -0.231. The number of nitrogens with zero attached hydrogens (tertiary/aromatic N) is 1. The van der Waals surface area contributed by atoms with Gasteiger partial charge >= 0.3 is 5.97 Å². The van der Waals surface area contributed by atoms with Gasteiger partial charge in [0.25, 0.3) is 0 Å². The summed E-state index contributed by atoms with van der Waals surface area (Å²) < 4.78 is 8.93. The van der Waals surface area contributed by atoms with Crippen LogP contribution in [0.2, 0.25) is 0 Å². The van der Waals surface area contributed by atoms with E-state index < -0.39 is 0 Å². The van der Waals surface area contributed by atoms with E-state index in [1.807, 2.05) is 19.1 Å². The Morgan fingerprint density at radius 1 is 1.08 bits per heavy atom. The number of fused-ring (bicyclic) bond motifs is 1. The topological polar surface area (TPSA) is 31.2 Å². The number of hydrogen-bond donors (Lipinski definition) is 0.